The molecule has 1 aromatic carbocycles. The van der Waals surface area contributed by atoms with Crippen LogP contribution in [0.2, 0.25) is 0 Å². The molecule has 0 atom stereocenters. The van der Waals surface area contributed by atoms with Crippen LogP contribution >= 0.6 is 0 Å². The number of halogens is 1. The van der Waals surface area contributed by atoms with Crippen LogP contribution in [0.1, 0.15) is 23.2 Å². The molecule has 0 radical (unpaired) electrons. The first kappa shape index (κ1) is 14.8. The van der Waals surface area contributed by atoms with Gasteiger partial charge in [-0.3, -0.25) is 4.79 Å². The lowest BCUT2D eigenvalue weighted by Crippen LogP contribution is -2.27. The summed E-state index contributed by atoms with van der Waals surface area (Å²) in [6.45, 7) is 2.32. The first-order chi connectivity index (χ1) is 10.7. The van der Waals surface area contributed by atoms with Crippen molar-refractivity contribution in [1.82, 2.24) is 9.47 Å². The van der Waals surface area contributed by atoms with Crippen LogP contribution in [0.15, 0.2) is 42.4 Å². The minimum atomic E-state index is 0.0958. The highest BCUT2D eigenvalue weighted by atomic mass is 19.1. The van der Waals surface area contributed by atoms with E-state index in [1.54, 1.807) is 0 Å². The molecule has 1 aliphatic heterocycles. The molecule has 22 heavy (non-hydrogen) atoms. The van der Waals surface area contributed by atoms with Crippen molar-refractivity contribution in [2.75, 3.05) is 19.6 Å². The van der Waals surface area contributed by atoms with Gasteiger partial charge in [0, 0.05) is 48.8 Å². The molecule has 5 heteroatoms. The van der Waals surface area contributed by atoms with Crippen LogP contribution in [0.5, 0.6) is 0 Å². The SMILES string of the molecule is NC/C(=C\F)Cn1ccc2cc(C(=O)N3CCCC3)ccc21. The topological polar surface area (TPSA) is 51.3 Å². The Balaban J connectivity index is 1.87. The number of amides is 1. The minimum Gasteiger partial charge on any atom is -0.343 e. The summed E-state index contributed by atoms with van der Waals surface area (Å²) in [6, 6.07) is 7.63. The van der Waals surface area contributed by atoms with E-state index in [4.69, 9.17) is 5.73 Å². The summed E-state index contributed by atoms with van der Waals surface area (Å²) in [7, 11) is 0. The lowest BCUT2D eigenvalue weighted by Gasteiger charge is -2.15. The molecular weight excluding hydrogens is 281 g/mol. The summed E-state index contributed by atoms with van der Waals surface area (Å²) in [5.41, 5.74) is 7.74. The van der Waals surface area contributed by atoms with Crippen molar-refractivity contribution in [3.05, 3.63) is 47.9 Å². The number of hydrogen-bond acceptors (Lipinski definition) is 2. The molecule has 3 rings (SSSR count). The Labute approximate surface area is 129 Å². The molecule has 1 amide bonds. The Morgan fingerprint density at radius 3 is 2.73 bits per heavy atom. The zero-order chi connectivity index (χ0) is 15.5. The fourth-order valence-corrected chi connectivity index (χ4v) is 2.94. The maximum absolute atomic E-state index is 12.7. The second-order valence-electron chi connectivity index (χ2n) is 5.69. The monoisotopic (exact) mass is 301 g/mol. The summed E-state index contributed by atoms with van der Waals surface area (Å²) in [5, 5.41) is 0.986. The van der Waals surface area contributed by atoms with Crippen molar-refractivity contribution in [2.45, 2.75) is 19.4 Å². The van der Waals surface area contributed by atoms with Gasteiger partial charge in [0.2, 0.25) is 0 Å². The second-order valence-corrected chi connectivity index (χ2v) is 5.69. The fourth-order valence-electron chi connectivity index (χ4n) is 2.94. The number of benzene rings is 1. The van der Waals surface area contributed by atoms with Crippen molar-refractivity contribution >= 4 is 16.8 Å². The Bertz CT molecular complexity index is 714. The first-order valence-corrected chi connectivity index (χ1v) is 7.59. The van der Waals surface area contributed by atoms with Crippen LogP contribution in [0, 0.1) is 0 Å². The molecule has 0 spiro atoms. The quantitative estimate of drug-likeness (QED) is 0.944. The minimum absolute atomic E-state index is 0.0958. The number of nitrogens with two attached hydrogens (primary N) is 1. The Morgan fingerprint density at radius 2 is 2.05 bits per heavy atom. The molecule has 0 aliphatic carbocycles. The van der Waals surface area contributed by atoms with Gasteiger partial charge in [-0.05, 0) is 42.7 Å². The average Bonchev–Trinajstić information content (AvgIpc) is 3.21. The van der Waals surface area contributed by atoms with Gasteiger partial charge >= 0.3 is 0 Å². The fraction of sp³-hybridized carbons (Fsp3) is 0.353. The van der Waals surface area contributed by atoms with Gasteiger partial charge in [0.05, 0.1) is 6.33 Å². The van der Waals surface area contributed by atoms with E-state index in [0.717, 1.165) is 36.8 Å². The molecular formula is C17H20FN3O. The summed E-state index contributed by atoms with van der Waals surface area (Å²) in [6.07, 6.45) is 4.63. The van der Waals surface area contributed by atoms with E-state index in [1.807, 2.05) is 39.9 Å². The largest absolute Gasteiger partial charge is 0.343 e. The predicted molar refractivity (Wildman–Crippen MR) is 85.3 cm³/mol. The number of fused-ring (bicyclic) bond motifs is 1. The van der Waals surface area contributed by atoms with Gasteiger partial charge < -0.3 is 15.2 Å². The molecule has 1 saturated heterocycles. The van der Waals surface area contributed by atoms with Gasteiger partial charge in [0.25, 0.3) is 5.91 Å². The van der Waals surface area contributed by atoms with Crippen molar-refractivity contribution in [1.29, 1.82) is 0 Å². The molecule has 116 valence electrons. The number of likely N-dealkylation sites (tertiary alicyclic amines) is 1. The molecule has 0 saturated carbocycles. The van der Waals surface area contributed by atoms with E-state index in [1.165, 1.54) is 0 Å². The smallest absolute Gasteiger partial charge is 0.253 e. The molecule has 2 heterocycles. The summed E-state index contributed by atoms with van der Waals surface area (Å²) in [4.78, 5) is 14.3. The van der Waals surface area contributed by atoms with E-state index in [-0.39, 0.29) is 12.5 Å². The number of rotatable bonds is 4. The summed E-state index contributed by atoms with van der Waals surface area (Å²) in [5.74, 6) is 0.0958. The third kappa shape index (κ3) is 2.76. The summed E-state index contributed by atoms with van der Waals surface area (Å²) >= 11 is 0. The number of carbonyl (C=O) groups is 1. The third-order valence-electron chi connectivity index (χ3n) is 4.20. The molecule has 2 aromatic rings. The highest BCUT2D eigenvalue weighted by Crippen LogP contribution is 2.21. The number of carbonyl (C=O) groups excluding carboxylic acids is 1. The van der Waals surface area contributed by atoms with Gasteiger partial charge in [0.1, 0.15) is 0 Å². The van der Waals surface area contributed by atoms with Gasteiger partial charge in [0.15, 0.2) is 0 Å². The van der Waals surface area contributed by atoms with Crippen LogP contribution in [-0.4, -0.2) is 35.0 Å². The Kier molecular flexibility index (Phi) is 4.24. The molecule has 1 aliphatic rings. The van der Waals surface area contributed by atoms with Crippen LogP contribution in [0.4, 0.5) is 4.39 Å². The molecule has 0 unspecified atom stereocenters. The molecule has 1 fully saturated rings. The highest BCUT2D eigenvalue weighted by molar-refractivity contribution is 5.98. The van der Waals surface area contributed by atoms with E-state index in [2.05, 4.69) is 0 Å². The zero-order valence-corrected chi connectivity index (χ0v) is 12.5. The van der Waals surface area contributed by atoms with E-state index >= 15 is 0 Å². The standard InChI is InChI=1S/C17H20FN3O/c18-10-13(11-19)12-21-8-5-14-9-15(3-4-16(14)21)17(22)20-6-1-2-7-20/h3-5,8-10H,1-2,6-7,11-12,19H2/b13-10+. The second kappa shape index (κ2) is 6.32. The van der Waals surface area contributed by atoms with Gasteiger partial charge in [-0.1, -0.05) is 0 Å². The van der Waals surface area contributed by atoms with Crippen molar-refractivity contribution < 1.29 is 9.18 Å². The van der Waals surface area contributed by atoms with Crippen LogP contribution in [-0.2, 0) is 6.54 Å². The maximum atomic E-state index is 12.7. The maximum Gasteiger partial charge on any atom is 0.253 e. The molecule has 2 N–H and O–H groups in total. The number of aromatic nitrogens is 1. The van der Waals surface area contributed by atoms with Gasteiger partial charge in [-0.2, -0.15) is 0 Å². The van der Waals surface area contributed by atoms with Crippen LogP contribution < -0.4 is 5.73 Å². The normalized spacial score (nSPS) is 15.7. The highest BCUT2D eigenvalue weighted by Gasteiger charge is 2.19. The summed E-state index contributed by atoms with van der Waals surface area (Å²) < 4.78 is 14.6. The molecule has 4 nitrogen and oxygen atoms in total. The van der Waals surface area contributed by atoms with Crippen molar-refractivity contribution in [3.63, 3.8) is 0 Å². The van der Waals surface area contributed by atoms with E-state index in [9.17, 15) is 9.18 Å². The predicted octanol–water partition coefficient (Wildman–Crippen LogP) is 2.69. The van der Waals surface area contributed by atoms with E-state index in [0.29, 0.717) is 24.0 Å². The third-order valence-corrected chi connectivity index (χ3v) is 4.20. The number of nitrogens with zero attached hydrogens (tertiary/aromatic N) is 2. The van der Waals surface area contributed by atoms with Crippen molar-refractivity contribution in [3.8, 4) is 0 Å². The first-order valence-electron chi connectivity index (χ1n) is 7.59. The van der Waals surface area contributed by atoms with E-state index < -0.39 is 0 Å². The average molecular weight is 301 g/mol. The molecule has 1 aromatic heterocycles. The van der Waals surface area contributed by atoms with Gasteiger partial charge in [-0.15, -0.1) is 0 Å². The van der Waals surface area contributed by atoms with Crippen LogP contribution in [0.3, 0.4) is 0 Å². The number of hydrogen-bond donors (Lipinski definition) is 1. The zero-order valence-electron chi connectivity index (χ0n) is 12.5. The van der Waals surface area contributed by atoms with Gasteiger partial charge in [-0.25, -0.2) is 4.39 Å². The molecule has 0 bridgehead atoms. The van der Waals surface area contributed by atoms with Crippen LogP contribution in [0.25, 0.3) is 10.9 Å². The Morgan fingerprint density at radius 1 is 1.27 bits per heavy atom. The Hall–Kier alpha value is -2.14. The lowest BCUT2D eigenvalue weighted by atomic mass is 10.1. The lowest BCUT2D eigenvalue weighted by molar-refractivity contribution is 0.0793. The van der Waals surface area contributed by atoms with Crippen molar-refractivity contribution in [2.24, 2.45) is 5.73 Å².